The van der Waals surface area contributed by atoms with Crippen molar-refractivity contribution in [1.29, 1.82) is 0 Å². The Balaban J connectivity index is 2.54. The smallest absolute Gasteiger partial charge is 0.0993 e. The average molecular weight is 236 g/mol. The van der Waals surface area contributed by atoms with Gasteiger partial charge in [-0.3, -0.25) is 5.43 Å². The Hall–Kier alpha value is -1.82. The van der Waals surface area contributed by atoms with Gasteiger partial charge in [-0.2, -0.15) is 5.11 Å². The molecule has 17 heavy (non-hydrogen) atoms. The lowest BCUT2D eigenvalue weighted by molar-refractivity contribution is 0.296. The molecule has 0 spiro atoms. The maximum atomic E-state index is 5.99. The fourth-order valence-corrected chi connectivity index (χ4v) is 1.46. The lowest BCUT2D eigenvalue weighted by Gasteiger charge is -2.29. The number of hydrogen-bond acceptors (Lipinski definition) is 5. The summed E-state index contributed by atoms with van der Waals surface area (Å²) in [6, 6.07) is 0. The third kappa shape index (κ3) is 4.28. The molecular formula is C11H20N6. The molecule has 0 atom stereocenters. The van der Waals surface area contributed by atoms with E-state index in [1.165, 1.54) is 0 Å². The zero-order valence-electron chi connectivity index (χ0n) is 10.2. The van der Waals surface area contributed by atoms with Crippen LogP contribution in [0.25, 0.3) is 0 Å². The minimum atomic E-state index is 0.591. The van der Waals surface area contributed by atoms with Crippen molar-refractivity contribution < 1.29 is 0 Å². The van der Waals surface area contributed by atoms with Crippen molar-refractivity contribution in [3.63, 3.8) is 0 Å². The fraction of sp³-hybridized carbons (Fsp3) is 0.455. The number of nitrogens with zero attached hydrogens (tertiary/aromatic N) is 3. The first-order valence-corrected chi connectivity index (χ1v) is 5.51. The Morgan fingerprint density at radius 1 is 1.41 bits per heavy atom. The van der Waals surface area contributed by atoms with Crippen molar-refractivity contribution in [2.75, 3.05) is 33.2 Å². The van der Waals surface area contributed by atoms with E-state index >= 15 is 0 Å². The number of nitrogens with two attached hydrogens (primary N) is 1. The number of hydrogen-bond donors (Lipinski definition) is 3. The highest BCUT2D eigenvalue weighted by Crippen LogP contribution is 2.08. The first-order chi connectivity index (χ1) is 8.15. The zero-order chi connectivity index (χ0) is 12.7. The van der Waals surface area contributed by atoms with Gasteiger partial charge in [-0.1, -0.05) is 18.4 Å². The van der Waals surface area contributed by atoms with Gasteiger partial charge in [0.25, 0.3) is 0 Å². The molecule has 0 unspecified atom stereocenters. The van der Waals surface area contributed by atoms with Gasteiger partial charge in [0, 0.05) is 26.2 Å². The number of allylic oxidation sites excluding steroid dienone is 1. The van der Waals surface area contributed by atoms with Gasteiger partial charge >= 0.3 is 0 Å². The van der Waals surface area contributed by atoms with Crippen LogP contribution in [0.4, 0.5) is 0 Å². The van der Waals surface area contributed by atoms with E-state index < -0.39 is 0 Å². The summed E-state index contributed by atoms with van der Waals surface area (Å²) in [6.07, 6.45) is 1.80. The van der Waals surface area contributed by atoms with Gasteiger partial charge in [0.2, 0.25) is 0 Å². The van der Waals surface area contributed by atoms with E-state index in [9.17, 15) is 0 Å². The van der Waals surface area contributed by atoms with Crippen LogP contribution < -0.4 is 16.5 Å². The van der Waals surface area contributed by atoms with Crippen molar-refractivity contribution in [1.82, 2.24) is 15.6 Å². The molecule has 6 nitrogen and oxygen atoms in total. The summed E-state index contributed by atoms with van der Waals surface area (Å²) in [5.41, 5.74) is 9.96. The Morgan fingerprint density at radius 2 is 2.06 bits per heavy atom. The number of piperazine rings is 1. The predicted octanol–water partition coefficient (Wildman–Crippen LogP) is 0.348. The fourth-order valence-electron chi connectivity index (χ4n) is 1.46. The first-order valence-electron chi connectivity index (χ1n) is 5.51. The third-order valence-electron chi connectivity index (χ3n) is 2.48. The number of nitrogens with one attached hydrogen (secondary N) is 2. The summed E-state index contributed by atoms with van der Waals surface area (Å²) in [5, 5.41) is 10.5. The van der Waals surface area contributed by atoms with Gasteiger partial charge in [0.1, 0.15) is 0 Å². The molecule has 0 aromatic heterocycles. The van der Waals surface area contributed by atoms with E-state index in [4.69, 9.17) is 5.73 Å². The summed E-state index contributed by atoms with van der Waals surface area (Å²) in [6.45, 7) is 11.4. The monoisotopic (exact) mass is 236 g/mol. The molecule has 0 aromatic rings. The quantitative estimate of drug-likeness (QED) is 0.365. The summed E-state index contributed by atoms with van der Waals surface area (Å²) in [4.78, 5) is 2.11. The largest absolute Gasteiger partial charge is 0.385 e. The second-order valence-corrected chi connectivity index (χ2v) is 3.72. The van der Waals surface area contributed by atoms with Crippen LogP contribution >= 0.6 is 0 Å². The normalized spacial score (nSPS) is 17.2. The van der Waals surface area contributed by atoms with Crippen molar-refractivity contribution in [3.05, 3.63) is 36.3 Å². The van der Waals surface area contributed by atoms with Crippen LogP contribution in [-0.4, -0.2) is 38.1 Å². The third-order valence-corrected chi connectivity index (χ3v) is 2.48. The van der Waals surface area contributed by atoms with E-state index in [-0.39, 0.29) is 0 Å². The van der Waals surface area contributed by atoms with Crippen LogP contribution in [0, 0.1) is 0 Å². The SMILES string of the molecule is C=C(/C=C(\N)N1CCNCC1)C(=C)NN=NC. The van der Waals surface area contributed by atoms with Crippen molar-refractivity contribution in [2.45, 2.75) is 0 Å². The molecule has 0 radical (unpaired) electrons. The molecule has 94 valence electrons. The highest BCUT2D eigenvalue weighted by Gasteiger charge is 2.10. The van der Waals surface area contributed by atoms with Gasteiger partial charge in [-0.25, -0.2) is 0 Å². The molecule has 1 aliphatic heterocycles. The average Bonchev–Trinajstić information content (AvgIpc) is 2.36. The van der Waals surface area contributed by atoms with Gasteiger partial charge in [-0.15, -0.1) is 0 Å². The second kappa shape index (κ2) is 6.70. The van der Waals surface area contributed by atoms with E-state index in [0.29, 0.717) is 17.1 Å². The Bertz CT molecular complexity index is 338. The summed E-state index contributed by atoms with van der Waals surface area (Å²) in [7, 11) is 1.58. The Morgan fingerprint density at radius 3 is 2.65 bits per heavy atom. The van der Waals surface area contributed by atoms with Crippen LogP contribution in [0.5, 0.6) is 0 Å². The maximum Gasteiger partial charge on any atom is 0.0993 e. The van der Waals surface area contributed by atoms with Crippen molar-refractivity contribution in [3.8, 4) is 0 Å². The molecule has 1 fully saturated rings. The van der Waals surface area contributed by atoms with Crippen LogP contribution in [0.3, 0.4) is 0 Å². The zero-order valence-corrected chi connectivity index (χ0v) is 10.2. The molecule has 0 aromatic carbocycles. The van der Waals surface area contributed by atoms with Crippen LogP contribution in [0.2, 0.25) is 0 Å². The molecule has 4 N–H and O–H groups in total. The molecule has 1 rings (SSSR count). The predicted molar refractivity (Wildman–Crippen MR) is 68.9 cm³/mol. The lowest BCUT2D eigenvalue weighted by atomic mass is 10.2. The molecule has 1 saturated heterocycles. The van der Waals surface area contributed by atoms with Gasteiger partial charge in [0.15, 0.2) is 0 Å². The molecule has 0 saturated carbocycles. The van der Waals surface area contributed by atoms with E-state index in [2.05, 4.69) is 39.1 Å². The highest BCUT2D eigenvalue weighted by atomic mass is 15.4. The molecule has 0 bridgehead atoms. The molecule has 1 heterocycles. The first kappa shape index (κ1) is 13.2. The number of rotatable bonds is 5. The van der Waals surface area contributed by atoms with Gasteiger partial charge in [-0.05, 0) is 11.6 Å². The van der Waals surface area contributed by atoms with Gasteiger partial charge in [0.05, 0.1) is 18.6 Å². The molecular weight excluding hydrogens is 216 g/mol. The minimum Gasteiger partial charge on any atom is -0.385 e. The topological polar surface area (TPSA) is 78.0 Å². The second-order valence-electron chi connectivity index (χ2n) is 3.72. The van der Waals surface area contributed by atoms with Gasteiger partial charge < -0.3 is 16.0 Å². The van der Waals surface area contributed by atoms with E-state index in [0.717, 1.165) is 26.2 Å². The Labute approximate surface area is 102 Å². The van der Waals surface area contributed by atoms with Crippen molar-refractivity contribution in [2.24, 2.45) is 16.1 Å². The highest BCUT2D eigenvalue weighted by molar-refractivity contribution is 5.35. The maximum absolute atomic E-state index is 5.99. The summed E-state index contributed by atoms with van der Waals surface area (Å²) < 4.78 is 0. The summed E-state index contributed by atoms with van der Waals surface area (Å²) in [5.74, 6) is 0.702. The van der Waals surface area contributed by atoms with Crippen molar-refractivity contribution >= 4 is 0 Å². The minimum absolute atomic E-state index is 0.591. The lowest BCUT2D eigenvalue weighted by Crippen LogP contribution is -2.44. The molecule has 0 aliphatic carbocycles. The standard InChI is InChI=1S/C11H20N6/c1-9(10(2)15-16-13-3)8-11(12)17-6-4-14-5-7-17/h8,14H,1-2,4-7,12H2,3H3,(H,13,15)/b11-8+. The van der Waals surface area contributed by atoms with Crippen LogP contribution in [0.15, 0.2) is 46.7 Å². The molecule has 6 heteroatoms. The Kier molecular flexibility index (Phi) is 5.22. The van der Waals surface area contributed by atoms with Crippen LogP contribution in [-0.2, 0) is 0 Å². The van der Waals surface area contributed by atoms with E-state index in [1.54, 1.807) is 13.1 Å². The van der Waals surface area contributed by atoms with E-state index in [1.807, 2.05) is 0 Å². The summed E-state index contributed by atoms with van der Waals surface area (Å²) >= 11 is 0. The molecule has 0 amide bonds. The molecule has 1 aliphatic rings. The van der Waals surface area contributed by atoms with Crippen LogP contribution in [0.1, 0.15) is 0 Å².